The lowest BCUT2D eigenvalue weighted by Gasteiger charge is -2.32. The standard InChI is InChI=1S/C20H18F4N4O4/c21-11-6-8-12(9-7-11)28-14-13(16(30)26-18(28)32)19(17(31)25-14,20(22,23)24)27-15(29)10-4-2-1-3-5-10/h6-10H,1-5H2,(H,25,31)(H,27,29)(H,26,30,32)/t19-/m0/s1. The number of aromatic amines is 1. The number of aromatic nitrogens is 2. The molecule has 2 aromatic rings. The van der Waals surface area contributed by atoms with Crippen LogP contribution in [0.5, 0.6) is 0 Å². The molecule has 2 amide bonds. The number of rotatable bonds is 3. The fourth-order valence-corrected chi connectivity index (χ4v) is 4.27. The number of benzene rings is 1. The zero-order chi connectivity index (χ0) is 23.3. The zero-order valence-corrected chi connectivity index (χ0v) is 16.5. The summed E-state index contributed by atoms with van der Waals surface area (Å²) < 4.78 is 57.0. The summed E-state index contributed by atoms with van der Waals surface area (Å²) in [5.74, 6) is -4.85. The van der Waals surface area contributed by atoms with Gasteiger partial charge in [-0.05, 0) is 37.1 Å². The second kappa shape index (κ2) is 7.61. The van der Waals surface area contributed by atoms with E-state index < -0.39 is 57.9 Å². The summed E-state index contributed by atoms with van der Waals surface area (Å²) in [4.78, 5) is 52.2. The number of fused-ring (bicyclic) bond motifs is 1. The Morgan fingerprint density at radius 1 is 1.06 bits per heavy atom. The lowest BCUT2D eigenvalue weighted by molar-refractivity contribution is -0.201. The summed E-state index contributed by atoms with van der Waals surface area (Å²) in [5, 5.41) is 3.73. The van der Waals surface area contributed by atoms with E-state index in [0.29, 0.717) is 30.3 Å². The number of hydrogen-bond donors (Lipinski definition) is 3. The SMILES string of the molecule is O=C(N[C@]1(C(F)(F)F)C(=O)Nc2c1c(=O)[nH]c(=O)n2-c1ccc(F)cc1)C1CCCCC1. The maximum absolute atomic E-state index is 14.4. The van der Waals surface area contributed by atoms with Crippen LogP contribution in [0, 0.1) is 11.7 Å². The summed E-state index contributed by atoms with van der Waals surface area (Å²) in [6, 6.07) is 4.10. The number of alkyl halides is 3. The molecule has 1 aliphatic carbocycles. The average Bonchev–Trinajstić information content (AvgIpc) is 3.03. The van der Waals surface area contributed by atoms with Gasteiger partial charge in [0.25, 0.3) is 11.5 Å². The molecular formula is C20H18F4N4O4. The number of hydrogen-bond acceptors (Lipinski definition) is 4. The number of halogens is 4. The van der Waals surface area contributed by atoms with Crippen molar-refractivity contribution in [3.8, 4) is 5.69 Å². The van der Waals surface area contributed by atoms with Gasteiger partial charge in [-0.15, -0.1) is 0 Å². The number of carbonyl (C=O) groups excluding carboxylic acids is 2. The van der Waals surface area contributed by atoms with Crippen LogP contribution in [0.2, 0.25) is 0 Å². The molecule has 0 bridgehead atoms. The molecule has 0 unspecified atom stereocenters. The van der Waals surface area contributed by atoms with Gasteiger partial charge < -0.3 is 10.6 Å². The van der Waals surface area contributed by atoms with Crippen LogP contribution in [-0.2, 0) is 15.1 Å². The smallest absolute Gasteiger partial charge is 0.330 e. The minimum absolute atomic E-state index is 0.0965. The molecule has 0 radical (unpaired) electrons. The van der Waals surface area contributed by atoms with Crippen LogP contribution in [0.1, 0.15) is 37.7 Å². The fraction of sp³-hybridized carbons (Fsp3) is 0.400. The van der Waals surface area contributed by atoms with Crippen molar-refractivity contribution in [3.63, 3.8) is 0 Å². The van der Waals surface area contributed by atoms with Crippen LogP contribution in [0.15, 0.2) is 33.9 Å². The van der Waals surface area contributed by atoms with E-state index in [9.17, 15) is 36.7 Å². The first kappa shape index (κ1) is 21.8. The molecular weight excluding hydrogens is 436 g/mol. The van der Waals surface area contributed by atoms with Gasteiger partial charge in [0.15, 0.2) is 0 Å². The van der Waals surface area contributed by atoms with Crippen LogP contribution in [0.4, 0.5) is 23.4 Å². The fourth-order valence-electron chi connectivity index (χ4n) is 4.27. The molecule has 3 N–H and O–H groups in total. The van der Waals surface area contributed by atoms with Crippen molar-refractivity contribution in [2.45, 2.75) is 43.8 Å². The van der Waals surface area contributed by atoms with Crippen LogP contribution >= 0.6 is 0 Å². The molecule has 1 saturated carbocycles. The highest BCUT2D eigenvalue weighted by atomic mass is 19.4. The van der Waals surface area contributed by atoms with E-state index >= 15 is 0 Å². The topological polar surface area (TPSA) is 113 Å². The highest BCUT2D eigenvalue weighted by molar-refractivity contribution is 6.08. The third-order valence-corrected chi connectivity index (χ3v) is 5.86. The molecule has 2 aliphatic rings. The van der Waals surface area contributed by atoms with Gasteiger partial charge in [0.1, 0.15) is 17.2 Å². The van der Waals surface area contributed by atoms with Crippen molar-refractivity contribution in [3.05, 3.63) is 56.5 Å². The lowest BCUT2D eigenvalue weighted by atomic mass is 9.86. The quantitative estimate of drug-likeness (QED) is 0.617. The van der Waals surface area contributed by atoms with E-state index in [1.54, 1.807) is 10.3 Å². The second-order valence-electron chi connectivity index (χ2n) is 7.82. The monoisotopic (exact) mass is 454 g/mol. The van der Waals surface area contributed by atoms with E-state index in [2.05, 4.69) is 0 Å². The van der Waals surface area contributed by atoms with Crippen molar-refractivity contribution in [2.24, 2.45) is 5.92 Å². The Hall–Kier alpha value is -3.44. The van der Waals surface area contributed by atoms with Gasteiger partial charge in [-0.3, -0.25) is 19.4 Å². The molecule has 1 aromatic carbocycles. The lowest BCUT2D eigenvalue weighted by Crippen LogP contribution is -2.63. The number of carbonyl (C=O) groups is 2. The van der Waals surface area contributed by atoms with Gasteiger partial charge in [-0.1, -0.05) is 19.3 Å². The molecule has 32 heavy (non-hydrogen) atoms. The maximum atomic E-state index is 14.4. The van der Waals surface area contributed by atoms with Crippen LogP contribution < -0.4 is 21.9 Å². The van der Waals surface area contributed by atoms with Gasteiger partial charge in [-0.2, -0.15) is 13.2 Å². The Morgan fingerprint density at radius 2 is 1.69 bits per heavy atom. The molecule has 2 heterocycles. The van der Waals surface area contributed by atoms with E-state index in [1.165, 1.54) is 0 Å². The van der Waals surface area contributed by atoms with Crippen LogP contribution in [-0.4, -0.2) is 27.5 Å². The minimum Gasteiger partial charge on any atom is -0.330 e. The third kappa shape index (κ3) is 3.30. The van der Waals surface area contributed by atoms with Crippen LogP contribution in [0.3, 0.4) is 0 Å². The summed E-state index contributed by atoms with van der Waals surface area (Å²) in [5.41, 5.74) is -7.54. The first-order valence-corrected chi connectivity index (χ1v) is 9.92. The van der Waals surface area contributed by atoms with Crippen molar-refractivity contribution >= 4 is 17.6 Å². The second-order valence-corrected chi connectivity index (χ2v) is 7.82. The molecule has 0 saturated heterocycles. The summed E-state index contributed by atoms with van der Waals surface area (Å²) in [7, 11) is 0. The van der Waals surface area contributed by atoms with Gasteiger partial charge in [0.2, 0.25) is 11.4 Å². The van der Waals surface area contributed by atoms with Gasteiger partial charge >= 0.3 is 11.9 Å². The normalized spacial score (nSPS) is 21.2. The molecule has 8 nitrogen and oxygen atoms in total. The Balaban J connectivity index is 1.92. The number of amides is 2. The Bertz CT molecular complexity index is 1200. The summed E-state index contributed by atoms with van der Waals surface area (Å²) in [6.45, 7) is 0. The molecule has 1 atom stereocenters. The molecule has 1 aromatic heterocycles. The molecule has 12 heteroatoms. The minimum atomic E-state index is -5.40. The first-order valence-electron chi connectivity index (χ1n) is 9.92. The molecule has 1 aliphatic heterocycles. The molecule has 1 fully saturated rings. The summed E-state index contributed by atoms with van der Waals surface area (Å²) >= 11 is 0. The Labute approximate surface area is 177 Å². The highest BCUT2D eigenvalue weighted by Gasteiger charge is 2.68. The molecule has 4 rings (SSSR count). The van der Waals surface area contributed by atoms with E-state index in [4.69, 9.17) is 0 Å². The van der Waals surface area contributed by atoms with E-state index in [0.717, 1.165) is 30.7 Å². The maximum Gasteiger partial charge on any atom is 0.425 e. The number of nitrogens with one attached hydrogen (secondary N) is 3. The highest BCUT2D eigenvalue weighted by Crippen LogP contribution is 2.45. The largest absolute Gasteiger partial charge is 0.425 e. The van der Waals surface area contributed by atoms with Gasteiger partial charge in [0, 0.05) is 5.92 Å². The van der Waals surface area contributed by atoms with E-state index in [-0.39, 0.29) is 5.69 Å². The van der Waals surface area contributed by atoms with Crippen molar-refractivity contribution in [1.29, 1.82) is 0 Å². The number of nitrogens with zero attached hydrogens (tertiary/aromatic N) is 1. The zero-order valence-electron chi connectivity index (χ0n) is 16.5. The Kier molecular flexibility index (Phi) is 5.18. The van der Waals surface area contributed by atoms with Crippen molar-refractivity contribution in [1.82, 2.24) is 14.9 Å². The van der Waals surface area contributed by atoms with Crippen molar-refractivity contribution in [2.75, 3.05) is 5.32 Å². The molecule has 170 valence electrons. The third-order valence-electron chi connectivity index (χ3n) is 5.86. The van der Waals surface area contributed by atoms with Gasteiger partial charge in [-0.25, -0.2) is 13.8 Å². The summed E-state index contributed by atoms with van der Waals surface area (Å²) in [6.07, 6.45) is -2.51. The van der Waals surface area contributed by atoms with Crippen LogP contribution in [0.25, 0.3) is 5.69 Å². The van der Waals surface area contributed by atoms with Gasteiger partial charge in [0.05, 0.1) is 5.69 Å². The average molecular weight is 454 g/mol. The molecule has 0 spiro atoms. The van der Waals surface area contributed by atoms with E-state index in [1.807, 2.05) is 5.32 Å². The predicted molar refractivity (Wildman–Crippen MR) is 104 cm³/mol. The Morgan fingerprint density at radius 3 is 2.28 bits per heavy atom. The predicted octanol–water partition coefficient (Wildman–Crippen LogP) is 2.07. The van der Waals surface area contributed by atoms with Crippen molar-refractivity contribution < 1.29 is 27.2 Å². The number of anilines is 1. The first-order chi connectivity index (χ1) is 15.1. The number of H-pyrrole nitrogens is 1.